The van der Waals surface area contributed by atoms with Gasteiger partial charge in [-0.15, -0.1) is 0 Å². The first-order valence-electron chi connectivity index (χ1n) is 7.30. The second kappa shape index (κ2) is 6.85. The van der Waals surface area contributed by atoms with Gasteiger partial charge in [-0.1, -0.05) is 32.8 Å². The van der Waals surface area contributed by atoms with E-state index >= 15 is 0 Å². The molecule has 0 saturated heterocycles. The Hall–Kier alpha value is -0.410. The van der Waals surface area contributed by atoms with Crippen LogP contribution in [0.4, 0.5) is 4.39 Å². The summed E-state index contributed by atoms with van der Waals surface area (Å²) in [4.78, 5) is 0. The Labute approximate surface area is 124 Å². The zero-order valence-electron chi connectivity index (χ0n) is 11.8. The Balaban J connectivity index is 2.16. The number of halogens is 2. The van der Waals surface area contributed by atoms with Crippen molar-refractivity contribution >= 4 is 15.9 Å². The highest BCUT2D eigenvalue weighted by molar-refractivity contribution is 9.10. The molecule has 3 heteroatoms. The van der Waals surface area contributed by atoms with Crippen molar-refractivity contribution in [2.75, 3.05) is 6.54 Å². The van der Waals surface area contributed by atoms with E-state index < -0.39 is 0 Å². The molecule has 0 aliphatic heterocycles. The SMILES string of the molecule is CCNC(c1ccc(Br)c(F)c1)C1CCC(C)CC1. The van der Waals surface area contributed by atoms with Gasteiger partial charge in [0, 0.05) is 6.04 Å². The summed E-state index contributed by atoms with van der Waals surface area (Å²) in [5.74, 6) is 1.32. The van der Waals surface area contributed by atoms with Crippen molar-refractivity contribution in [3.63, 3.8) is 0 Å². The monoisotopic (exact) mass is 327 g/mol. The number of benzene rings is 1. The van der Waals surface area contributed by atoms with Crippen molar-refractivity contribution in [3.05, 3.63) is 34.1 Å². The summed E-state index contributed by atoms with van der Waals surface area (Å²) >= 11 is 3.23. The average Bonchev–Trinajstić information content (AvgIpc) is 2.41. The zero-order chi connectivity index (χ0) is 13.8. The van der Waals surface area contributed by atoms with Crippen LogP contribution in [-0.4, -0.2) is 6.54 Å². The first kappa shape index (κ1) is 15.0. The van der Waals surface area contributed by atoms with Crippen LogP contribution >= 0.6 is 15.9 Å². The van der Waals surface area contributed by atoms with Crippen LogP contribution in [0.2, 0.25) is 0 Å². The molecule has 1 aromatic rings. The lowest BCUT2D eigenvalue weighted by Crippen LogP contribution is -2.30. The van der Waals surface area contributed by atoms with Gasteiger partial charge in [-0.2, -0.15) is 0 Å². The Bertz CT molecular complexity index is 413. The molecule has 0 amide bonds. The van der Waals surface area contributed by atoms with Gasteiger partial charge in [0.05, 0.1) is 4.47 Å². The molecule has 1 aliphatic carbocycles. The van der Waals surface area contributed by atoms with Crippen molar-refractivity contribution in [1.29, 1.82) is 0 Å². The zero-order valence-corrected chi connectivity index (χ0v) is 13.3. The summed E-state index contributed by atoms with van der Waals surface area (Å²) in [7, 11) is 0. The molecule has 0 aromatic heterocycles. The summed E-state index contributed by atoms with van der Waals surface area (Å²) in [5, 5.41) is 3.55. The maximum Gasteiger partial charge on any atom is 0.137 e. The highest BCUT2D eigenvalue weighted by Gasteiger charge is 2.27. The Morgan fingerprint density at radius 2 is 2.00 bits per heavy atom. The molecule has 1 unspecified atom stereocenters. The molecule has 2 rings (SSSR count). The fourth-order valence-corrected chi connectivity index (χ4v) is 3.35. The van der Waals surface area contributed by atoms with Gasteiger partial charge in [0.25, 0.3) is 0 Å². The minimum Gasteiger partial charge on any atom is -0.310 e. The van der Waals surface area contributed by atoms with E-state index in [1.807, 2.05) is 12.1 Å². The Kier molecular flexibility index (Phi) is 5.40. The van der Waals surface area contributed by atoms with Gasteiger partial charge in [-0.25, -0.2) is 4.39 Å². The summed E-state index contributed by atoms with van der Waals surface area (Å²) in [5.41, 5.74) is 1.09. The topological polar surface area (TPSA) is 12.0 Å². The molecule has 19 heavy (non-hydrogen) atoms. The molecule has 1 saturated carbocycles. The number of rotatable bonds is 4. The first-order chi connectivity index (χ1) is 9.11. The lowest BCUT2D eigenvalue weighted by atomic mass is 9.77. The standard InChI is InChI=1S/C16H23BrFN/c1-3-19-16(12-6-4-11(2)5-7-12)13-8-9-14(17)15(18)10-13/h8-12,16,19H,3-7H2,1-2H3. The quantitative estimate of drug-likeness (QED) is 0.814. The van der Waals surface area contributed by atoms with Gasteiger partial charge in [-0.3, -0.25) is 0 Å². The highest BCUT2D eigenvalue weighted by Crippen LogP contribution is 2.37. The lowest BCUT2D eigenvalue weighted by molar-refractivity contribution is 0.233. The van der Waals surface area contributed by atoms with Crippen LogP contribution in [0.15, 0.2) is 22.7 Å². The van der Waals surface area contributed by atoms with Gasteiger partial charge < -0.3 is 5.32 Å². The molecular weight excluding hydrogens is 305 g/mol. The smallest absolute Gasteiger partial charge is 0.137 e. The second-order valence-corrected chi connectivity index (χ2v) is 6.58. The predicted octanol–water partition coefficient (Wildman–Crippen LogP) is 5.07. The van der Waals surface area contributed by atoms with Gasteiger partial charge in [0.1, 0.15) is 5.82 Å². The van der Waals surface area contributed by atoms with E-state index in [1.165, 1.54) is 25.7 Å². The van der Waals surface area contributed by atoms with E-state index in [1.54, 1.807) is 6.07 Å². The summed E-state index contributed by atoms with van der Waals surface area (Å²) in [6.07, 6.45) is 5.09. The minimum atomic E-state index is -0.162. The Morgan fingerprint density at radius 3 is 2.58 bits per heavy atom. The molecule has 0 spiro atoms. The molecule has 1 nitrogen and oxygen atoms in total. The summed E-state index contributed by atoms with van der Waals surface area (Å²) in [6.45, 7) is 5.37. The van der Waals surface area contributed by atoms with Crippen molar-refractivity contribution in [2.24, 2.45) is 11.8 Å². The molecule has 106 valence electrons. The average molecular weight is 328 g/mol. The van der Waals surface area contributed by atoms with E-state index in [9.17, 15) is 4.39 Å². The van der Waals surface area contributed by atoms with Crippen LogP contribution in [0.3, 0.4) is 0 Å². The van der Waals surface area contributed by atoms with Crippen molar-refractivity contribution in [3.8, 4) is 0 Å². The van der Waals surface area contributed by atoms with Gasteiger partial charge >= 0.3 is 0 Å². The molecule has 0 heterocycles. The van der Waals surface area contributed by atoms with Crippen LogP contribution in [0, 0.1) is 17.7 Å². The van der Waals surface area contributed by atoms with Gasteiger partial charge in [0.2, 0.25) is 0 Å². The fourth-order valence-electron chi connectivity index (χ4n) is 3.10. The largest absolute Gasteiger partial charge is 0.310 e. The molecule has 0 bridgehead atoms. The maximum absolute atomic E-state index is 13.7. The van der Waals surface area contributed by atoms with Gasteiger partial charge in [0.15, 0.2) is 0 Å². The van der Waals surface area contributed by atoms with Crippen molar-refractivity contribution in [2.45, 2.75) is 45.6 Å². The van der Waals surface area contributed by atoms with Crippen LogP contribution in [-0.2, 0) is 0 Å². The van der Waals surface area contributed by atoms with Gasteiger partial charge in [-0.05, 0) is 64.8 Å². The fraction of sp³-hybridized carbons (Fsp3) is 0.625. The third-order valence-electron chi connectivity index (χ3n) is 4.26. The molecule has 0 radical (unpaired) electrons. The molecule has 1 N–H and O–H groups in total. The third kappa shape index (κ3) is 3.79. The molecular formula is C16H23BrFN. The first-order valence-corrected chi connectivity index (χ1v) is 8.09. The van der Waals surface area contributed by atoms with Crippen LogP contribution < -0.4 is 5.32 Å². The summed E-state index contributed by atoms with van der Waals surface area (Å²) < 4.78 is 14.3. The van der Waals surface area contributed by atoms with E-state index in [2.05, 4.69) is 35.1 Å². The van der Waals surface area contributed by atoms with E-state index in [4.69, 9.17) is 0 Å². The molecule has 1 fully saturated rings. The minimum absolute atomic E-state index is 0.162. The molecule has 1 aliphatic rings. The number of hydrogen-bond acceptors (Lipinski definition) is 1. The maximum atomic E-state index is 13.7. The van der Waals surface area contributed by atoms with Crippen molar-refractivity contribution < 1.29 is 4.39 Å². The van der Waals surface area contributed by atoms with E-state index in [0.29, 0.717) is 16.4 Å². The van der Waals surface area contributed by atoms with E-state index in [-0.39, 0.29) is 5.82 Å². The van der Waals surface area contributed by atoms with Crippen molar-refractivity contribution in [1.82, 2.24) is 5.32 Å². The third-order valence-corrected chi connectivity index (χ3v) is 4.90. The number of nitrogens with one attached hydrogen (secondary N) is 1. The van der Waals surface area contributed by atoms with Crippen LogP contribution in [0.25, 0.3) is 0 Å². The highest BCUT2D eigenvalue weighted by atomic mass is 79.9. The molecule has 1 atom stereocenters. The van der Waals surface area contributed by atoms with Crippen LogP contribution in [0.1, 0.15) is 51.1 Å². The second-order valence-electron chi connectivity index (χ2n) is 5.73. The Morgan fingerprint density at radius 1 is 1.32 bits per heavy atom. The normalized spacial score (nSPS) is 25.3. The van der Waals surface area contributed by atoms with E-state index in [0.717, 1.165) is 18.0 Å². The molecule has 1 aromatic carbocycles. The number of hydrogen-bond donors (Lipinski definition) is 1. The summed E-state index contributed by atoms with van der Waals surface area (Å²) in [6, 6.07) is 5.83. The predicted molar refractivity (Wildman–Crippen MR) is 81.6 cm³/mol. The lowest BCUT2D eigenvalue weighted by Gasteiger charge is -2.33. The van der Waals surface area contributed by atoms with Crippen LogP contribution in [0.5, 0.6) is 0 Å².